The molecule has 0 saturated heterocycles. The third kappa shape index (κ3) is 3.92. The molecule has 110 valence electrons. The average Bonchev–Trinajstić information content (AvgIpc) is 2.80. The molecule has 2 atom stereocenters. The van der Waals surface area contributed by atoms with Crippen LogP contribution in [-0.4, -0.2) is 30.6 Å². The van der Waals surface area contributed by atoms with Crippen molar-refractivity contribution in [3.63, 3.8) is 0 Å². The van der Waals surface area contributed by atoms with Gasteiger partial charge in [-0.1, -0.05) is 6.92 Å². The van der Waals surface area contributed by atoms with Crippen LogP contribution in [0.3, 0.4) is 0 Å². The van der Waals surface area contributed by atoms with Crippen LogP contribution in [0.1, 0.15) is 45.0 Å². The van der Waals surface area contributed by atoms with Gasteiger partial charge in [0.15, 0.2) is 5.75 Å². The van der Waals surface area contributed by atoms with Gasteiger partial charge < -0.3 is 9.47 Å². The van der Waals surface area contributed by atoms with Crippen LogP contribution in [0.5, 0.6) is 5.75 Å². The van der Waals surface area contributed by atoms with Crippen LogP contribution < -0.4 is 16.0 Å². The summed E-state index contributed by atoms with van der Waals surface area (Å²) < 4.78 is 12.5. The Balaban J connectivity index is 2.98. The Morgan fingerprint density at radius 3 is 2.53 bits per heavy atom. The van der Waals surface area contributed by atoms with E-state index >= 15 is 0 Å². The summed E-state index contributed by atoms with van der Waals surface area (Å²) >= 11 is 0. The van der Waals surface area contributed by atoms with Crippen LogP contribution in [-0.2, 0) is 4.74 Å². The monoisotopic (exact) mass is 270 g/mol. The van der Waals surface area contributed by atoms with E-state index in [-0.39, 0.29) is 12.1 Å². The molecule has 6 nitrogen and oxygen atoms in total. The first-order chi connectivity index (χ1) is 9.04. The van der Waals surface area contributed by atoms with Gasteiger partial charge in [0.25, 0.3) is 0 Å². The lowest BCUT2D eigenvalue weighted by Gasteiger charge is -2.23. The zero-order chi connectivity index (χ0) is 14.4. The van der Waals surface area contributed by atoms with Gasteiger partial charge in [-0.05, 0) is 26.2 Å². The van der Waals surface area contributed by atoms with Crippen LogP contribution in [0.15, 0.2) is 6.20 Å². The number of rotatable bonds is 8. The predicted octanol–water partition coefficient (Wildman–Crippen LogP) is 1.65. The Hall–Kier alpha value is -1.11. The van der Waals surface area contributed by atoms with Gasteiger partial charge in [-0.25, -0.2) is 0 Å². The second-order valence-electron chi connectivity index (χ2n) is 5.15. The van der Waals surface area contributed by atoms with E-state index in [1.807, 2.05) is 4.68 Å². The summed E-state index contributed by atoms with van der Waals surface area (Å²) in [5.41, 5.74) is 3.86. The highest BCUT2D eigenvalue weighted by Crippen LogP contribution is 2.30. The molecule has 0 aliphatic rings. The standard InChI is InChI=1S/C13H26N4O2/c1-9(2)17-13(12(19-5)7-15-17)11(16-14)6-10(3)8-18-4/h7,9-11,16H,6,8,14H2,1-5H3. The minimum Gasteiger partial charge on any atom is -0.493 e. The number of nitrogens with two attached hydrogens (primary N) is 1. The maximum atomic E-state index is 5.71. The van der Waals surface area contributed by atoms with Crippen molar-refractivity contribution in [2.75, 3.05) is 20.8 Å². The second-order valence-corrected chi connectivity index (χ2v) is 5.15. The lowest BCUT2D eigenvalue weighted by atomic mass is 10.00. The molecule has 2 unspecified atom stereocenters. The van der Waals surface area contributed by atoms with Gasteiger partial charge in [0.2, 0.25) is 0 Å². The number of hydrogen-bond acceptors (Lipinski definition) is 5. The van der Waals surface area contributed by atoms with E-state index in [0.29, 0.717) is 12.5 Å². The van der Waals surface area contributed by atoms with Gasteiger partial charge in [0, 0.05) is 19.8 Å². The molecule has 1 aromatic heterocycles. The lowest BCUT2D eigenvalue weighted by Crippen LogP contribution is -2.32. The molecule has 0 aromatic carbocycles. The Kier molecular flexibility index (Phi) is 6.27. The Labute approximate surface area is 115 Å². The third-order valence-electron chi connectivity index (χ3n) is 3.13. The summed E-state index contributed by atoms with van der Waals surface area (Å²) in [5.74, 6) is 6.87. The number of hydrogen-bond donors (Lipinski definition) is 2. The Morgan fingerprint density at radius 2 is 2.05 bits per heavy atom. The fourth-order valence-electron chi connectivity index (χ4n) is 2.27. The molecule has 19 heavy (non-hydrogen) atoms. The zero-order valence-corrected chi connectivity index (χ0v) is 12.5. The van der Waals surface area contributed by atoms with Crippen LogP contribution >= 0.6 is 0 Å². The topological polar surface area (TPSA) is 74.3 Å². The average molecular weight is 270 g/mol. The molecule has 1 heterocycles. The SMILES string of the molecule is COCC(C)CC(NN)c1c(OC)cnn1C(C)C. The lowest BCUT2D eigenvalue weighted by molar-refractivity contribution is 0.148. The van der Waals surface area contributed by atoms with E-state index in [1.165, 1.54) is 0 Å². The van der Waals surface area contributed by atoms with Crippen molar-refractivity contribution in [2.24, 2.45) is 11.8 Å². The maximum Gasteiger partial charge on any atom is 0.161 e. The first-order valence-electron chi connectivity index (χ1n) is 6.61. The first-order valence-corrected chi connectivity index (χ1v) is 6.61. The van der Waals surface area contributed by atoms with Gasteiger partial charge in [0.05, 0.1) is 25.0 Å². The first kappa shape index (κ1) is 15.9. The van der Waals surface area contributed by atoms with Gasteiger partial charge in [-0.2, -0.15) is 5.10 Å². The normalized spacial score (nSPS) is 14.7. The second kappa shape index (κ2) is 7.47. The highest BCUT2D eigenvalue weighted by Gasteiger charge is 2.24. The number of hydrazine groups is 1. The van der Waals surface area contributed by atoms with Crippen LogP contribution in [0.2, 0.25) is 0 Å². The molecule has 0 saturated carbocycles. The number of nitrogens with one attached hydrogen (secondary N) is 1. The number of ether oxygens (including phenoxy) is 2. The molecule has 0 spiro atoms. The molecule has 6 heteroatoms. The molecule has 0 amide bonds. The summed E-state index contributed by atoms with van der Waals surface area (Å²) in [6.07, 6.45) is 2.60. The van der Waals surface area contributed by atoms with Crippen molar-refractivity contribution in [3.05, 3.63) is 11.9 Å². The van der Waals surface area contributed by atoms with E-state index in [4.69, 9.17) is 15.3 Å². The van der Waals surface area contributed by atoms with Gasteiger partial charge in [-0.15, -0.1) is 0 Å². The van der Waals surface area contributed by atoms with Crippen molar-refractivity contribution in [3.8, 4) is 5.75 Å². The van der Waals surface area contributed by atoms with Gasteiger partial charge in [0.1, 0.15) is 0 Å². The molecule has 1 aromatic rings. The third-order valence-corrected chi connectivity index (χ3v) is 3.13. The summed E-state index contributed by atoms with van der Waals surface area (Å²) in [4.78, 5) is 0. The number of aromatic nitrogens is 2. The van der Waals surface area contributed by atoms with Crippen LogP contribution in [0.25, 0.3) is 0 Å². The fourth-order valence-corrected chi connectivity index (χ4v) is 2.27. The highest BCUT2D eigenvalue weighted by molar-refractivity contribution is 5.28. The van der Waals surface area contributed by atoms with E-state index in [9.17, 15) is 0 Å². The van der Waals surface area contributed by atoms with Crippen molar-refractivity contribution in [2.45, 2.75) is 39.3 Å². The van der Waals surface area contributed by atoms with E-state index in [0.717, 1.165) is 17.9 Å². The van der Waals surface area contributed by atoms with Gasteiger partial charge in [-0.3, -0.25) is 16.0 Å². The van der Waals surface area contributed by atoms with Crippen LogP contribution in [0, 0.1) is 5.92 Å². The van der Waals surface area contributed by atoms with Crippen LogP contribution in [0.4, 0.5) is 0 Å². The van der Waals surface area contributed by atoms with E-state index in [1.54, 1.807) is 20.4 Å². The molecule has 0 bridgehead atoms. The van der Waals surface area contributed by atoms with Crippen molar-refractivity contribution in [1.29, 1.82) is 0 Å². The minimum atomic E-state index is -0.00926. The van der Waals surface area contributed by atoms with Crippen molar-refractivity contribution >= 4 is 0 Å². The molecule has 0 radical (unpaired) electrons. The van der Waals surface area contributed by atoms with E-state index in [2.05, 4.69) is 31.3 Å². The van der Waals surface area contributed by atoms with Gasteiger partial charge >= 0.3 is 0 Å². The largest absolute Gasteiger partial charge is 0.493 e. The fraction of sp³-hybridized carbons (Fsp3) is 0.769. The Morgan fingerprint density at radius 1 is 1.37 bits per heavy atom. The van der Waals surface area contributed by atoms with Crippen molar-refractivity contribution in [1.82, 2.24) is 15.2 Å². The summed E-state index contributed by atoms with van der Waals surface area (Å²) in [5, 5.41) is 4.37. The minimum absolute atomic E-state index is 0.00926. The van der Waals surface area contributed by atoms with Crippen molar-refractivity contribution < 1.29 is 9.47 Å². The summed E-state index contributed by atoms with van der Waals surface area (Å²) in [6.45, 7) is 7.01. The molecule has 3 N–H and O–H groups in total. The van der Waals surface area contributed by atoms with E-state index < -0.39 is 0 Å². The maximum absolute atomic E-state index is 5.71. The summed E-state index contributed by atoms with van der Waals surface area (Å²) in [6, 6.07) is 0.248. The quantitative estimate of drug-likeness (QED) is 0.555. The molecule has 0 aliphatic carbocycles. The predicted molar refractivity (Wildman–Crippen MR) is 74.9 cm³/mol. The number of methoxy groups -OCH3 is 2. The molecular weight excluding hydrogens is 244 g/mol. The highest BCUT2D eigenvalue weighted by atomic mass is 16.5. The smallest absolute Gasteiger partial charge is 0.161 e. The molecule has 0 fully saturated rings. The molecular formula is C13H26N4O2. The summed E-state index contributed by atoms with van der Waals surface area (Å²) in [7, 11) is 3.36. The number of nitrogens with zero attached hydrogens (tertiary/aromatic N) is 2. The Bertz CT molecular complexity index is 379. The molecule has 1 rings (SSSR count). The zero-order valence-electron chi connectivity index (χ0n) is 12.5. The molecule has 0 aliphatic heterocycles.